The van der Waals surface area contributed by atoms with Crippen LogP contribution in [0.15, 0.2) is 0 Å². The van der Waals surface area contributed by atoms with Gasteiger partial charge in [0.25, 0.3) is 0 Å². The van der Waals surface area contributed by atoms with Crippen molar-refractivity contribution in [2.75, 3.05) is 0 Å². The molecule has 1 heterocycles. The first-order valence-electron chi connectivity index (χ1n) is 3.13. The van der Waals surface area contributed by atoms with Gasteiger partial charge in [-0.1, -0.05) is 0 Å². The number of aliphatic hydroxyl groups is 2. The van der Waals surface area contributed by atoms with Crippen molar-refractivity contribution in [3.63, 3.8) is 0 Å². The van der Waals surface area contributed by atoms with E-state index in [1.807, 2.05) is 0 Å². The first kappa shape index (κ1) is 7.65. The van der Waals surface area contributed by atoms with E-state index in [0.717, 1.165) is 0 Å². The number of ether oxygens (including phenoxy) is 1. The van der Waals surface area contributed by atoms with E-state index in [1.54, 1.807) is 6.92 Å². The van der Waals surface area contributed by atoms with Gasteiger partial charge in [0.05, 0.1) is 12.0 Å². The molecule has 4 nitrogen and oxygen atoms in total. The van der Waals surface area contributed by atoms with Crippen LogP contribution in [0.4, 0.5) is 0 Å². The first-order valence-corrected chi connectivity index (χ1v) is 3.13. The fourth-order valence-corrected chi connectivity index (χ4v) is 1.05. The Bertz CT molecular complexity index is 136. The summed E-state index contributed by atoms with van der Waals surface area (Å²) in [5.74, 6) is -0.588. The molecule has 1 aliphatic rings. The second-order valence-corrected chi connectivity index (χ2v) is 2.44. The maximum absolute atomic E-state index is 10.2. The molecule has 1 aliphatic heterocycles. The smallest absolute Gasteiger partial charge is 0.181 e. The third-order valence-electron chi connectivity index (χ3n) is 1.74. The highest BCUT2D eigenvalue weighted by Crippen LogP contribution is 2.23. The van der Waals surface area contributed by atoms with E-state index in [2.05, 4.69) is 0 Å². The fraction of sp³-hybridized carbons (Fsp3) is 0.833. The van der Waals surface area contributed by atoms with Gasteiger partial charge in [0.15, 0.2) is 6.29 Å². The maximum atomic E-state index is 10.2. The molecule has 0 amide bonds. The van der Waals surface area contributed by atoms with Crippen LogP contribution >= 0.6 is 0 Å². The lowest BCUT2D eigenvalue weighted by atomic mass is 10.0. The molecule has 10 heavy (non-hydrogen) atoms. The van der Waals surface area contributed by atoms with Gasteiger partial charge >= 0.3 is 0 Å². The molecule has 58 valence electrons. The molecule has 1 saturated heterocycles. The van der Waals surface area contributed by atoms with Gasteiger partial charge < -0.3 is 19.7 Å². The Balaban J connectivity index is 2.63. The molecule has 0 radical (unpaired) electrons. The minimum atomic E-state index is -1.20. The molecular weight excluding hydrogens is 136 g/mol. The molecule has 0 aromatic rings. The molecule has 0 saturated carbocycles. The predicted octanol–water partition coefficient (Wildman–Crippen LogP) is -1.10. The first-order chi connectivity index (χ1) is 4.66. The van der Waals surface area contributed by atoms with Crippen molar-refractivity contribution in [1.82, 2.24) is 0 Å². The molecule has 0 aromatic heterocycles. The Hall–Kier alpha value is -0.450. The number of rotatable bonds is 1. The van der Waals surface area contributed by atoms with Gasteiger partial charge in [-0.05, 0) is 6.92 Å². The average Bonchev–Trinajstić information content (AvgIpc) is 2.09. The number of carbonyl (C=O) groups is 1. The van der Waals surface area contributed by atoms with Crippen molar-refractivity contribution in [2.24, 2.45) is 5.92 Å². The number of carbonyl (C=O) groups excluding carboxylic acids is 1. The monoisotopic (exact) mass is 146 g/mol. The summed E-state index contributed by atoms with van der Waals surface area (Å²) in [6, 6.07) is 0. The van der Waals surface area contributed by atoms with Gasteiger partial charge in [-0.25, -0.2) is 0 Å². The van der Waals surface area contributed by atoms with Crippen molar-refractivity contribution in [1.29, 1.82) is 0 Å². The van der Waals surface area contributed by atoms with Crippen molar-refractivity contribution < 1.29 is 19.7 Å². The second kappa shape index (κ2) is 2.65. The van der Waals surface area contributed by atoms with Crippen LogP contribution in [0.5, 0.6) is 0 Å². The third-order valence-corrected chi connectivity index (χ3v) is 1.74. The van der Waals surface area contributed by atoms with Crippen LogP contribution in [0, 0.1) is 5.92 Å². The van der Waals surface area contributed by atoms with Gasteiger partial charge in [0.1, 0.15) is 12.4 Å². The largest absolute Gasteiger partial charge is 0.387 e. The van der Waals surface area contributed by atoms with Crippen molar-refractivity contribution in [3.8, 4) is 0 Å². The quantitative estimate of drug-likeness (QED) is 0.461. The van der Waals surface area contributed by atoms with Crippen molar-refractivity contribution in [2.45, 2.75) is 25.4 Å². The zero-order valence-corrected chi connectivity index (χ0v) is 5.60. The highest BCUT2D eigenvalue weighted by molar-refractivity contribution is 5.56. The van der Waals surface area contributed by atoms with Crippen LogP contribution in [0.25, 0.3) is 0 Å². The molecule has 4 heteroatoms. The van der Waals surface area contributed by atoms with E-state index >= 15 is 0 Å². The number of hydrogen-bond acceptors (Lipinski definition) is 4. The van der Waals surface area contributed by atoms with Crippen LogP contribution in [0.3, 0.4) is 0 Å². The summed E-state index contributed by atoms with van der Waals surface area (Å²) >= 11 is 0. The van der Waals surface area contributed by atoms with Gasteiger partial charge in [-0.15, -0.1) is 0 Å². The molecule has 0 aliphatic carbocycles. The van der Waals surface area contributed by atoms with E-state index in [9.17, 15) is 4.79 Å². The van der Waals surface area contributed by atoms with Crippen molar-refractivity contribution in [3.05, 3.63) is 0 Å². The standard InChI is InChI=1S/C6H10O4/c1-3-4(2-7)5(8)6(9)10-3/h2-6,8-9H,1H3/t3-,4+,5+,6?/m0/s1. The van der Waals surface area contributed by atoms with Crippen LogP contribution in [-0.2, 0) is 9.53 Å². The summed E-state index contributed by atoms with van der Waals surface area (Å²) in [5, 5.41) is 17.9. The lowest BCUT2D eigenvalue weighted by Crippen LogP contribution is -2.27. The Kier molecular flexibility index (Phi) is 2.03. The van der Waals surface area contributed by atoms with Gasteiger partial charge in [0.2, 0.25) is 0 Å². The SMILES string of the molecule is C[C@@H]1OC(O)[C@H](O)[C@@H]1C=O. The zero-order valence-electron chi connectivity index (χ0n) is 5.60. The van der Waals surface area contributed by atoms with Gasteiger partial charge in [-0.3, -0.25) is 0 Å². The highest BCUT2D eigenvalue weighted by Gasteiger charge is 2.39. The molecule has 2 N–H and O–H groups in total. The van der Waals surface area contributed by atoms with Gasteiger partial charge in [0, 0.05) is 0 Å². The van der Waals surface area contributed by atoms with E-state index < -0.39 is 18.3 Å². The molecule has 4 atom stereocenters. The van der Waals surface area contributed by atoms with Crippen LogP contribution < -0.4 is 0 Å². The zero-order chi connectivity index (χ0) is 7.72. The summed E-state index contributed by atoms with van der Waals surface area (Å²) in [7, 11) is 0. The van der Waals surface area contributed by atoms with Crippen LogP contribution in [0.1, 0.15) is 6.92 Å². The third kappa shape index (κ3) is 1.05. The highest BCUT2D eigenvalue weighted by atomic mass is 16.6. The molecule has 0 bridgehead atoms. The van der Waals surface area contributed by atoms with E-state index in [4.69, 9.17) is 14.9 Å². The van der Waals surface area contributed by atoms with E-state index in [1.165, 1.54) is 0 Å². The minimum Gasteiger partial charge on any atom is -0.387 e. The lowest BCUT2D eigenvalue weighted by Gasteiger charge is -2.07. The summed E-state index contributed by atoms with van der Waals surface area (Å²) in [4.78, 5) is 10.2. The normalized spacial score (nSPS) is 47.5. The number of aliphatic hydroxyl groups excluding tert-OH is 2. The Morgan fingerprint density at radius 1 is 1.50 bits per heavy atom. The molecule has 0 spiro atoms. The van der Waals surface area contributed by atoms with Crippen molar-refractivity contribution >= 4 is 6.29 Å². The van der Waals surface area contributed by atoms with E-state index in [0.29, 0.717) is 6.29 Å². The molecule has 1 rings (SSSR count). The maximum Gasteiger partial charge on any atom is 0.181 e. The Morgan fingerprint density at radius 2 is 2.10 bits per heavy atom. The molecular formula is C6H10O4. The predicted molar refractivity (Wildman–Crippen MR) is 32.1 cm³/mol. The van der Waals surface area contributed by atoms with E-state index in [-0.39, 0.29) is 6.10 Å². The lowest BCUT2D eigenvalue weighted by molar-refractivity contribution is -0.124. The average molecular weight is 146 g/mol. The minimum absolute atomic E-state index is 0.387. The number of hydrogen-bond donors (Lipinski definition) is 2. The fourth-order valence-electron chi connectivity index (χ4n) is 1.05. The summed E-state index contributed by atoms with van der Waals surface area (Å²) < 4.78 is 4.75. The van der Waals surface area contributed by atoms with Gasteiger partial charge in [-0.2, -0.15) is 0 Å². The summed E-state index contributed by atoms with van der Waals surface area (Å²) in [5.41, 5.74) is 0. The summed E-state index contributed by atoms with van der Waals surface area (Å²) in [6.07, 6.45) is -2.05. The molecule has 1 unspecified atom stereocenters. The Labute approximate surface area is 58.4 Å². The molecule has 1 fully saturated rings. The molecule has 0 aromatic carbocycles. The Morgan fingerprint density at radius 3 is 2.30 bits per heavy atom. The summed E-state index contributed by atoms with van der Waals surface area (Å²) in [6.45, 7) is 1.64. The second-order valence-electron chi connectivity index (χ2n) is 2.44. The van der Waals surface area contributed by atoms with Crippen LogP contribution in [0.2, 0.25) is 0 Å². The topological polar surface area (TPSA) is 66.8 Å². The number of aldehydes is 1. The van der Waals surface area contributed by atoms with Crippen LogP contribution in [-0.4, -0.2) is 35.0 Å².